The third kappa shape index (κ3) is 12.3. The van der Waals surface area contributed by atoms with Crippen molar-refractivity contribution in [3.05, 3.63) is 25.3 Å². The van der Waals surface area contributed by atoms with Crippen LogP contribution in [0.25, 0.3) is 0 Å². The summed E-state index contributed by atoms with van der Waals surface area (Å²) in [6.45, 7) is 11.2. The molecule has 0 saturated heterocycles. The summed E-state index contributed by atoms with van der Waals surface area (Å²) in [6.07, 6.45) is 4.80. The molecule has 0 aromatic heterocycles. The molecule has 2 amide bonds. The van der Waals surface area contributed by atoms with Crippen LogP contribution in [-0.4, -0.2) is 62.6 Å². The molecular formula is C24H38N2O8. The molecule has 2 N–H and O–H groups in total. The smallest absolute Gasteiger partial charge is 0.407 e. The molecule has 34 heavy (non-hydrogen) atoms. The first-order chi connectivity index (χ1) is 16.3. The predicted molar refractivity (Wildman–Crippen MR) is 125 cm³/mol. The van der Waals surface area contributed by atoms with E-state index in [1.807, 2.05) is 13.8 Å². The zero-order valence-corrected chi connectivity index (χ0v) is 20.2. The van der Waals surface area contributed by atoms with Crippen molar-refractivity contribution in [3.63, 3.8) is 0 Å². The molecule has 4 unspecified atom stereocenters. The first-order valence-corrected chi connectivity index (χ1v) is 11.8. The van der Waals surface area contributed by atoms with Crippen LogP contribution in [0.3, 0.4) is 0 Å². The van der Waals surface area contributed by atoms with Gasteiger partial charge in [-0.05, 0) is 43.9 Å². The minimum Gasteiger partial charge on any atom is -0.459 e. The molecule has 0 spiro atoms. The maximum atomic E-state index is 12.1. The maximum absolute atomic E-state index is 12.1. The van der Waals surface area contributed by atoms with Gasteiger partial charge in [0, 0.05) is 25.2 Å². The van der Waals surface area contributed by atoms with Gasteiger partial charge in [0.2, 0.25) is 0 Å². The Morgan fingerprint density at radius 3 is 1.59 bits per heavy atom. The van der Waals surface area contributed by atoms with Gasteiger partial charge in [-0.1, -0.05) is 33.4 Å². The molecule has 1 fully saturated rings. The van der Waals surface area contributed by atoms with Gasteiger partial charge in [0.15, 0.2) is 0 Å². The second-order valence-corrected chi connectivity index (χ2v) is 8.20. The van der Waals surface area contributed by atoms with Gasteiger partial charge in [-0.25, -0.2) is 19.2 Å². The third-order valence-corrected chi connectivity index (χ3v) is 5.58. The van der Waals surface area contributed by atoms with Gasteiger partial charge in [-0.3, -0.25) is 0 Å². The predicted octanol–water partition coefficient (Wildman–Crippen LogP) is 3.26. The minimum absolute atomic E-state index is 0.0162. The van der Waals surface area contributed by atoms with Crippen LogP contribution in [0.4, 0.5) is 9.59 Å². The zero-order chi connectivity index (χ0) is 25.3. The van der Waals surface area contributed by atoms with E-state index in [4.69, 9.17) is 18.9 Å². The van der Waals surface area contributed by atoms with E-state index < -0.39 is 36.3 Å². The van der Waals surface area contributed by atoms with Crippen LogP contribution in [0.5, 0.6) is 0 Å². The second kappa shape index (κ2) is 16.6. The molecule has 0 aromatic carbocycles. The quantitative estimate of drug-likeness (QED) is 0.219. The van der Waals surface area contributed by atoms with Crippen LogP contribution in [0.1, 0.15) is 52.4 Å². The van der Waals surface area contributed by atoms with Crippen molar-refractivity contribution in [2.75, 3.05) is 26.3 Å². The Balaban J connectivity index is 2.32. The number of rotatable bonds is 14. The van der Waals surface area contributed by atoms with Crippen molar-refractivity contribution in [1.82, 2.24) is 10.6 Å². The van der Waals surface area contributed by atoms with Gasteiger partial charge in [-0.15, -0.1) is 0 Å². The summed E-state index contributed by atoms with van der Waals surface area (Å²) in [7, 11) is 0. The van der Waals surface area contributed by atoms with E-state index in [-0.39, 0.29) is 25.0 Å². The topological polar surface area (TPSA) is 129 Å². The number of nitrogens with one attached hydrogen (secondary N) is 2. The van der Waals surface area contributed by atoms with Gasteiger partial charge in [0.05, 0.1) is 0 Å². The number of alkyl carbamates (subject to hydrolysis) is 2. The lowest BCUT2D eigenvalue weighted by Gasteiger charge is -2.29. The summed E-state index contributed by atoms with van der Waals surface area (Å²) in [6, 6.07) is 0. The first-order valence-electron chi connectivity index (χ1n) is 11.8. The van der Waals surface area contributed by atoms with Crippen molar-refractivity contribution in [2.45, 2.75) is 64.6 Å². The molecule has 192 valence electrons. The van der Waals surface area contributed by atoms with E-state index >= 15 is 0 Å². The Kier molecular flexibility index (Phi) is 14.1. The van der Waals surface area contributed by atoms with Gasteiger partial charge in [-0.2, -0.15) is 0 Å². The van der Waals surface area contributed by atoms with Gasteiger partial charge >= 0.3 is 24.1 Å². The molecule has 0 radical (unpaired) electrons. The number of carbonyl (C=O) groups is 4. The fourth-order valence-electron chi connectivity index (χ4n) is 3.55. The monoisotopic (exact) mass is 482 g/mol. The van der Waals surface area contributed by atoms with Crippen LogP contribution >= 0.6 is 0 Å². The third-order valence-electron chi connectivity index (χ3n) is 5.58. The molecule has 1 rings (SSSR count). The Hall–Kier alpha value is -3.04. The lowest BCUT2D eigenvalue weighted by Crippen LogP contribution is -2.38. The summed E-state index contributed by atoms with van der Waals surface area (Å²) in [5.74, 6) is -0.585. The summed E-state index contributed by atoms with van der Waals surface area (Å²) < 4.78 is 20.5. The summed E-state index contributed by atoms with van der Waals surface area (Å²) in [5.41, 5.74) is 0. The highest BCUT2D eigenvalue weighted by Gasteiger charge is 2.24. The van der Waals surface area contributed by atoms with Crippen LogP contribution in [0.15, 0.2) is 25.3 Å². The number of carbonyl (C=O) groups excluding carboxylic acids is 4. The average molecular weight is 483 g/mol. The van der Waals surface area contributed by atoms with Crippen LogP contribution in [0.2, 0.25) is 0 Å². The summed E-state index contributed by atoms with van der Waals surface area (Å²) in [5, 5.41) is 5.57. The molecule has 0 aromatic rings. The van der Waals surface area contributed by atoms with Gasteiger partial charge < -0.3 is 29.6 Å². The number of hydrogen-bond acceptors (Lipinski definition) is 8. The lowest BCUT2D eigenvalue weighted by molar-refractivity contribution is -0.141. The van der Waals surface area contributed by atoms with E-state index in [1.54, 1.807) is 0 Å². The molecular weight excluding hydrogens is 444 g/mol. The van der Waals surface area contributed by atoms with E-state index in [2.05, 4.69) is 23.8 Å². The Bertz CT molecular complexity index is 640. The highest BCUT2D eigenvalue weighted by Crippen LogP contribution is 2.28. The fraction of sp³-hybridized carbons (Fsp3) is 0.667. The van der Waals surface area contributed by atoms with Gasteiger partial charge in [0.25, 0.3) is 0 Å². The summed E-state index contributed by atoms with van der Waals surface area (Å²) in [4.78, 5) is 46.5. The summed E-state index contributed by atoms with van der Waals surface area (Å²) >= 11 is 0. The number of ether oxygens (including phenoxy) is 4. The SMILES string of the molecule is C=CC(=O)OCC(CC)OC(=O)NCC1CCCC(CNC(=O)OC(CC)COC(=O)C=C)C1. The Morgan fingerprint density at radius 1 is 0.824 bits per heavy atom. The van der Waals surface area contributed by atoms with Crippen molar-refractivity contribution in [2.24, 2.45) is 11.8 Å². The van der Waals surface area contributed by atoms with Crippen LogP contribution < -0.4 is 10.6 Å². The van der Waals surface area contributed by atoms with Gasteiger partial charge in [0.1, 0.15) is 25.4 Å². The van der Waals surface area contributed by atoms with Crippen LogP contribution in [0, 0.1) is 11.8 Å². The van der Waals surface area contributed by atoms with E-state index in [1.165, 1.54) is 0 Å². The second-order valence-electron chi connectivity index (χ2n) is 8.20. The van der Waals surface area contributed by atoms with E-state index in [0.717, 1.165) is 37.8 Å². The molecule has 1 saturated carbocycles. The molecule has 10 nitrogen and oxygen atoms in total. The largest absolute Gasteiger partial charge is 0.459 e. The molecule has 0 heterocycles. The van der Waals surface area contributed by atoms with Crippen molar-refractivity contribution in [1.29, 1.82) is 0 Å². The maximum Gasteiger partial charge on any atom is 0.407 e. The highest BCUT2D eigenvalue weighted by molar-refractivity contribution is 5.81. The molecule has 0 aliphatic heterocycles. The molecule has 1 aliphatic carbocycles. The Labute approximate surface area is 201 Å². The molecule has 1 aliphatic rings. The number of amides is 2. The first kappa shape index (κ1) is 29.0. The highest BCUT2D eigenvalue weighted by atomic mass is 16.6. The Morgan fingerprint density at radius 2 is 1.24 bits per heavy atom. The molecule has 10 heteroatoms. The minimum atomic E-state index is -0.561. The lowest BCUT2D eigenvalue weighted by atomic mass is 9.81. The fourth-order valence-corrected chi connectivity index (χ4v) is 3.55. The van der Waals surface area contributed by atoms with Crippen molar-refractivity contribution < 1.29 is 38.1 Å². The average Bonchev–Trinajstić information content (AvgIpc) is 2.86. The van der Waals surface area contributed by atoms with Crippen molar-refractivity contribution >= 4 is 24.1 Å². The number of esters is 2. The zero-order valence-electron chi connectivity index (χ0n) is 20.2. The number of hydrogen-bond donors (Lipinski definition) is 2. The van der Waals surface area contributed by atoms with Crippen molar-refractivity contribution in [3.8, 4) is 0 Å². The molecule has 4 atom stereocenters. The normalized spacial score (nSPS) is 19.0. The molecule has 0 bridgehead atoms. The standard InChI is InChI=1S/C24H38N2O8/c1-5-19(15-31-21(27)7-3)33-23(29)25-13-17-10-9-11-18(12-17)14-26-24(30)34-20(6-2)16-32-22(28)8-4/h7-8,17-20H,3-6,9-16H2,1-2H3,(H,25,29)(H,26,30). The van der Waals surface area contributed by atoms with E-state index in [0.29, 0.717) is 25.9 Å². The van der Waals surface area contributed by atoms with Crippen LogP contribution in [-0.2, 0) is 28.5 Å². The van der Waals surface area contributed by atoms with E-state index in [9.17, 15) is 19.2 Å².